The second-order valence-corrected chi connectivity index (χ2v) is 10.2. The van der Waals surface area contributed by atoms with Crippen molar-refractivity contribution < 1.29 is 14.2 Å². The van der Waals surface area contributed by atoms with Gasteiger partial charge in [0.25, 0.3) is 0 Å². The maximum atomic E-state index is 15.6. The molecule has 2 aliphatic rings. The lowest BCUT2D eigenvalue weighted by molar-refractivity contribution is 0.00197. The fourth-order valence-electron chi connectivity index (χ4n) is 5.69. The molecule has 184 valence electrons. The smallest absolute Gasteiger partial charge is 0.233 e. The molecular weight excluding hydrogens is 447 g/mol. The van der Waals surface area contributed by atoms with Crippen LogP contribution < -0.4 is 15.0 Å². The van der Waals surface area contributed by atoms with Gasteiger partial charge in [-0.25, -0.2) is 9.37 Å². The van der Waals surface area contributed by atoms with Gasteiger partial charge >= 0.3 is 0 Å². The lowest BCUT2D eigenvalue weighted by Gasteiger charge is -2.56. The van der Waals surface area contributed by atoms with Gasteiger partial charge in [-0.3, -0.25) is 4.98 Å². The molecule has 9 heteroatoms. The van der Waals surface area contributed by atoms with Crippen LogP contribution in [0.2, 0.25) is 0 Å². The van der Waals surface area contributed by atoms with Crippen molar-refractivity contribution in [3.8, 4) is 34.0 Å². The number of anilines is 1. The number of aromatic nitrogens is 4. The number of halogens is 1. The van der Waals surface area contributed by atoms with Gasteiger partial charge in [-0.05, 0) is 57.2 Å². The third kappa shape index (κ3) is 4.29. The largest absolute Gasteiger partial charge is 0.507 e. The van der Waals surface area contributed by atoms with Gasteiger partial charge in [-0.2, -0.15) is 5.10 Å². The Balaban J connectivity index is 1.37. The molecule has 2 bridgehead atoms. The Bertz CT molecular complexity index is 1220. The molecule has 35 heavy (non-hydrogen) atoms. The van der Waals surface area contributed by atoms with Crippen LogP contribution in [0.3, 0.4) is 0 Å². The third-order valence-corrected chi connectivity index (χ3v) is 7.56. The molecule has 0 unspecified atom stereocenters. The van der Waals surface area contributed by atoms with Crippen molar-refractivity contribution in [2.75, 3.05) is 19.1 Å². The zero-order valence-electron chi connectivity index (χ0n) is 20.5. The van der Waals surface area contributed by atoms with E-state index in [1.807, 2.05) is 24.9 Å². The second-order valence-electron chi connectivity index (χ2n) is 10.2. The number of phenols is 1. The van der Waals surface area contributed by atoms with Gasteiger partial charge in [0, 0.05) is 35.3 Å². The molecule has 1 aromatic carbocycles. The first kappa shape index (κ1) is 23.4. The fraction of sp³-hybridized carbons (Fsp3) is 0.462. The number of hydrogen-bond donors (Lipinski definition) is 2. The Morgan fingerprint density at radius 1 is 1.11 bits per heavy atom. The Hall–Kier alpha value is -3.33. The van der Waals surface area contributed by atoms with Crippen LogP contribution in [0.25, 0.3) is 22.4 Å². The van der Waals surface area contributed by atoms with Crippen molar-refractivity contribution >= 4 is 5.82 Å². The SMILES string of the molecule is COc1cc(-c2ccc(-c3cnc(N(C)[C@@H]4C[C@@]5(C)CCC[C@](C)(N5)[C@@H]4F)cn3)c(O)c2)cnn1. The van der Waals surface area contributed by atoms with Gasteiger partial charge in [-0.15, -0.1) is 5.10 Å². The zero-order valence-corrected chi connectivity index (χ0v) is 20.5. The van der Waals surface area contributed by atoms with Gasteiger partial charge in [0.1, 0.15) is 17.7 Å². The van der Waals surface area contributed by atoms with Gasteiger partial charge in [0.15, 0.2) is 0 Å². The van der Waals surface area contributed by atoms with Crippen molar-refractivity contribution in [2.24, 2.45) is 0 Å². The van der Waals surface area contributed by atoms with Crippen LogP contribution in [0, 0.1) is 0 Å². The van der Waals surface area contributed by atoms with Crippen LogP contribution in [0.15, 0.2) is 42.9 Å². The normalized spacial score (nSPS) is 27.9. The molecule has 0 spiro atoms. The molecule has 2 aliphatic heterocycles. The van der Waals surface area contributed by atoms with E-state index >= 15 is 4.39 Å². The van der Waals surface area contributed by atoms with Gasteiger partial charge < -0.3 is 20.1 Å². The highest BCUT2D eigenvalue weighted by Gasteiger charge is 2.53. The average Bonchev–Trinajstić information content (AvgIpc) is 2.86. The Labute approximate surface area is 204 Å². The molecule has 2 fully saturated rings. The van der Waals surface area contributed by atoms with E-state index in [-0.39, 0.29) is 17.3 Å². The molecule has 5 rings (SSSR count). The minimum atomic E-state index is -1.01. The number of ether oxygens (including phenoxy) is 1. The Morgan fingerprint density at radius 3 is 2.66 bits per heavy atom. The fourth-order valence-corrected chi connectivity index (χ4v) is 5.69. The van der Waals surface area contributed by atoms with Crippen LogP contribution in [0.5, 0.6) is 11.6 Å². The van der Waals surface area contributed by atoms with Gasteiger partial charge in [0.05, 0.1) is 37.4 Å². The number of piperidine rings is 2. The molecule has 0 radical (unpaired) electrons. The number of benzene rings is 1. The number of methoxy groups -OCH3 is 1. The first-order valence-corrected chi connectivity index (χ1v) is 11.9. The summed E-state index contributed by atoms with van der Waals surface area (Å²) in [7, 11) is 3.41. The molecule has 4 atom stereocenters. The Kier molecular flexibility index (Phi) is 5.83. The summed E-state index contributed by atoms with van der Waals surface area (Å²) < 4.78 is 20.8. The van der Waals surface area contributed by atoms with E-state index in [0.29, 0.717) is 29.4 Å². The summed E-state index contributed by atoms with van der Waals surface area (Å²) in [5.74, 6) is 1.08. The highest BCUT2D eigenvalue weighted by atomic mass is 19.1. The molecule has 3 aromatic rings. The topological polar surface area (TPSA) is 96.3 Å². The van der Waals surface area contributed by atoms with Crippen LogP contribution in [0.4, 0.5) is 10.2 Å². The van der Waals surface area contributed by atoms with Crippen molar-refractivity contribution in [3.05, 3.63) is 42.9 Å². The second kappa shape index (κ2) is 8.71. The summed E-state index contributed by atoms with van der Waals surface area (Å²) in [6.45, 7) is 4.19. The summed E-state index contributed by atoms with van der Waals surface area (Å²) in [5.41, 5.74) is 2.04. The predicted octanol–water partition coefficient (Wildman–Crippen LogP) is 4.15. The molecule has 2 aromatic heterocycles. The van der Waals surface area contributed by atoms with Crippen LogP contribution in [0.1, 0.15) is 39.5 Å². The first-order chi connectivity index (χ1) is 16.7. The molecule has 8 nitrogen and oxygen atoms in total. The summed E-state index contributed by atoms with van der Waals surface area (Å²) in [6.07, 6.45) is 7.49. The zero-order chi connectivity index (χ0) is 24.8. The summed E-state index contributed by atoms with van der Waals surface area (Å²) >= 11 is 0. The molecule has 2 N–H and O–H groups in total. The predicted molar refractivity (Wildman–Crippen MR) is 132 cm³/mol. The number of alkyl halides is 1. The summed E-state index contributed by atoms with van der Waals surface area (Å²) in [6, 6.07) is 6.77. The van der Waals surface area contributed by atoms with E-state index in [0.717, 1.165) is 30.4 Å². The lowest BCUT2D eigenvalue weighted by Crippen LogP contribution is -2.72. The molecule has 0 aliphatic carbocycles. The van der Waals surface area contributed by atoms with Crippen molar-refractivity contribution in [3.63, 3.8) is 0 Å². The van der Waals surface area contributed by atoms with Crippen LogP contribution in [-0.2, 0) is 0 Å². The molecule has 0 amide bonds. The number of nitrogens with one attached hydrogen (secondary N) is 1. The number of nitrogens with zero attached hydrogens (tertiary/aromatic N) is 5. The van der Waals surface area contributed by atoms with E-state index in [2.05, 4.69) is 32.4 Å². The van der Waals surface area contributed by atoms with E-state index in [1.54, 1.807) is 36.8 Å². The summed E-state index contributed by atoms with van der Waals surface area (Å²) in [5, 5.41) is 22.1. The number of rotatable bonds is 5. The molecular formula is C26H31FN6O2. The van der Waals surface area contributed by atoms with E-state index in [9.17, 15) is 5.11 Å². The van der Waals surface area contributed by atoms with E-state index in [1.165, 1.54) is 7.11 Å². The average molecular weight is 479 g/mol. The Morgan fingerprint density at radius 2 is 1.94 bits per heavy atom. The number of phenolic OH excluding ortho intramolecular Hbond substituents is 1. The monoisotopic (exact) mass is 478 g/mol. The van der Waals surface area contributed by atoms with E-state index < -0.39 is 11.7 Å². The summed E-state index contributed by atoms with van der Waals surface area (Å²) in [4.78, 5) is 11.0. The molecule has 0 saturated carbocycles. The minimum Gasteiger partial charge on any atom is -0.507 e. The van der Waals surface area contributed by atoms with Crippen molar-refractivity contribution in [2.45, 2.75) is 62.8 Å². The third-order valence-electron chi connectivity index (χ3n) is 7.56. The highest BCUT2D eigenvalue weighted by molar-refractivity contribution is 5.74. The first-order valence-electron chi connectivity index (χ1n) is 11.9. The number of fused-ring (bicyclic) bond motifs is 2. The maximum Gasteiger partial charge on any atom is 0.233 e. The standard InChI is InChI=1S/C26H31FN6O2/c1-25-8-5-9-26(2,32-25)24(27)20(12-25)33(3)22-15-28-19(14-29-22)18-7-6-16(10-21(18)34)17-11-23(35-4)31-30-13-17/h6-7,10-11,13-15,20,24,32,34H,5,8-9,12H2,1-4H3/t20-,24-,25-,26+/m1/s1. The maximum absolute atomic E-state index is 15.6. The molecule has 4 heterocycles. The number of aromatic hydroxyl groups is 1. The van der Waals surface area contributed by atoms with Crippen molar-refractivity contribution in [1.29, 1.82) is 0 Å². The quantitative estimate of drug-likeness (QED) is 0.565. The lowest BCUT2D eigenvalue weighted by atomic mass is 9.68. The highest BCUT2D eigenvalue weighted by Crippen LogP contribution is 2.43. The van der Waals surface area contributed by atoms with Gasteiger partial charge in [0.2, 0.25) is 5.88 Å². The van der Waals surface area contributed by atoms with Crippen molar-refractivity contribution in [1.82, 2.24) is 25.5 Å². The van der Waals surface area contributed by atoms with Crippen LogP contribution in [-0.4, -0.2) is 62.7 Å². The number of hydrogen-bond acceptors (Lipinski definition) is 8. The van der Waals surface area contributed by atoms with E-state index in [4.69, 9.17) is 4.74 Å². The minimum absolute atomic E-state index is 0.0736. The van der Waals surface area contributed by atoms with Crippen LogP contribution >= 0.6 is 0 Å². The molecule has 2 saturated heterocycles. The van der Waals surface area contributed by atoms with Gasteiger partial charge in [-0.1, -0.05) is 6.07 Å².